The summed E-state index contributed by atoms with van der Waals surface area (Å²) in [7, 11) is 0. The zero-order valence-corrected chi connectivity index (χ0v) is 10.7. The number of carbonyl (C=O) groups is 1. The van der Waals surface area contributed by atoms with Crippen LogP contribution in [0.25, 0.3) is 0 Å². The molecule has 17 heavy (non-hydrogen) atoms. The average molecular weight is 302 g/mol. The molecule has 0 saturated carbocycles. The van der Waals surface area contributed by atoms with Crippen LogP contribution in [-0.4, -0.2) is 17.1 Å². The maximum Gasteiger partial charge on any atom is 0.320 e. The second-order valence-corrected chi connectivity index (χ2v) is 5.12. The lowest BCUT2D eigenvalue weighted by atomic mass is 9.93. The molecule has 0 bridgehead atoms. The first-order valence-electron chi connectivity index (χ1n) is 5.51. The Morgan fingerprint density at radius 3 is 2.94 bits per heavy atom. The van der Waals surface area contributed by atoms with E-state index >= 15 is 0 Å². The van der Waals surface area contributed by atoms with Gasteiger partial charge in [-0.2, -0.15) is 0 Å². The van der Waals surface area contributed by atoms with E-state index in [1.807, 2.05) is 0 Å². The summed E-state index contributed by atoms with van der Waals surface area (Å²) in [6.45, 7) is 0. The van der Waals surface area contributed by atoms with Gasteiger partial charge in [-0.15, -0.1) is 0 Å². The van der Waals surface area contributed by atoms with Crippen LogP contribution in [0.1, 0.15) is 30.9 Å². The summed E-state index contributed by atoms with van der Waals surface area (Å²) in [6.07, 6.45) is 2.15. The molecule has 92 valence electrons. The number of halogens is 2. The van der Waals surface area contributed by atoms with Crippen molar-refractivity contribution in [3.8, 4) is 0 Å². The molecule has 1 aliphatic heterocycles. The molecule has 1 aliphatic rings. The molecule has 1 aromatic carbocycles. The molecular weight excluding hydrogens is 289 g/mol. The standard InChI is InChI=1S/C12H13BrFNO2/c13-7-4-5-9(14)8(6-7)10-2-1-3-11(15-10)12(16)17/h4-6,10-11,15H,1-3H2,(H,16,17). The van der Waals surface area contributed by atoms with E-state index in [1.54, 1.807) is 12.1 Å². The highest BCUT2D eigenvalue weighted by Gasteiger charge is 2.28. The Morgan fingerprint density at radius 1 is 1.47 bits per heavy atom. The van der Waals surface area contributed by atoms with Crippen molar-refractivity contribution in [3.05, 3.63) is 34.1 Å². The second-order valence-electron chi connectivity index (χ2n) is 4.21. The average Bonchev–Trinajstić information content (AvgIpc) is 2.32. The van der Waals surface area contributed by atoms with Crippen molar-refractivity contribution in [1.29, 1.82) is 0 Å². The van der Waals surface area contributed by atoms with Gasteiger partial charge in [0.25, 0.3) is 0 Å². The third-order valence-corrected chi connectivity index (χ3v) is 3.51. The van der Waals surface area contributed by atoms with E-state index in [0.29, 0.717) is 12.0 Å². The highest BCUT2D eigenvalue weighted by molar-refractivity contribution is 9.10. The van der Waals surface area contributed by atoms with Gasteiger partial charge in [0.05, 0.1) is 0 Å². The largest absolute Gasteiger partial charge is 0.480 e. The normalized spacial score (nSPS) is 24.6. The van der Waals surface area contributed by atoms with E-state index in [4.69, 9.17) is 5.11 Å². The molecular formula is C12H13BrFNO2. The molecule has 2 N–H and O–H groups in total. The van der Waals surface area contributed by atoms with E-state index in [9.17, 15) is 9.18 Å². The first-order valence-corrected chi connectivity index (χ1v) is 6.31. The van der Waals surface area contributed by atoms with Gasteiger partial charge in [0.15, 0.2) is 0 Å². The maximum atomic E-state index is 13.7. The SMILES string of the molecule is O=C(O)C1CCCC(c2cc(Br)ccc2F)N1. The summed E-state index contributed by atoms with van der Waals surface area (Å²) in [6, 6.07) is 3.94. The van der Waals surface area contributed by atoms with Crippen LogP contribution >= 0.6 is 15.9 Å². The fraction of sp³-hybridized carbons (Fsp3) is 0.417. The molecule has 2 atom stereocenters. The summed E-state index contributed by atoms with van der Waals surface area (Å²) in [5.74, 6) is -1.16. The number of hydrogen-bond acceptors (Lipinski definition) is 2. The van der Waals surface area contributed by atoms with Gasteiger partial charge < -0.3 is 5.11 Å². The lowest BCUT2D eigenvalue weighted by Gasteiger charge is -2.29. The van der Waals surface area contributed by atoms with Crippen LogP contribution < -0.4 is 5.32 Å². The Balaban J connectivity index is 2.21. The summed E-state index contributed by atoms with van der Waals surface area (Å²) < 4.78 is 14.5. The van der Waals surface area contributed by atoms with E-state index < -0.39 is 12.0 Å². The highest BCUT2D eigenvalue weighted by atomic mass is 79.9. The molecule has 1 fully saturated rings. The fourth-order valence-electron chi connectivity index (χ4n) is 2.16. The van der Waals surface area contributed by atoms with Crippen LogP contribution in [0.5, 0.6) is 0 Å². The van der Waals surface area contributed by atoms with E-state index in [-0.39, 0.29) is 11.9 Å². The third-order valence-electron chi connectivity index (χ3n) is 3.02. The highest BCUT2D eigenvalue weighted by Crippen LogP contribution is 2.29. The Morgan fingerprint density at radius 2 is 2.24 bits per heavy atom. The van der Waals surface area contributed by atoms with Gasteiger partial charge in [-0.25, -0.2) is 4.39 Å². The lowest BCUT2D eigenvalue weighted by molar-refractivity contribution is -0.140. The van der Waals surface area contributed by atoms with Gasteiger partial charge in [-0.05, 0) is 37.5 Å². The number of carboxylic acids is 1. The predicted molar refractivity (Wildman–Crippen MR) is 65.3 cm³/mol. The Labute approximate surface area is 107 Å². The summed E-state index contributed by atoms with van der Waals surface area (Å²) >= 11 is 3.30. The van der Waals surface area contributed by atoms with Crippen LogP contribution in [0.2, 0.25) is 0 Å². The van der Waals surface area contributed by atoms with Gasteiger partial charge in [0, 0.05) is 16.1 Å². The lowest BCUT2D eigenvalue weighted by Crippen LogP contribution is -2.42. The molecule has 2 unspecified atom stereocenters. The summed E-state index contributed by atoms with van der Waals surface area (Å²) in [5.41, 5.74) is 0.533. The van der Waals surface area contributed by atoms with E-state index in [1.165, 1.54) is 6.07 Å². The van der Waals surface area contributed by atoms with Gasteiger partial charge in [-0.1, -0.05) is 15.9 Å². The smallest absolute Gasteiger partial charge is 0.320 e. The number of rotatable bonds is 2. The number of piperidine rings is 1. The molecule has 0 aromatic heterocycles. The molecule has 1 saturated heterocycles. The van der Waals surface area contributed by atoms with Gasteiger partial charge >= 0.3 is 5.97 Å². The topological polar surface area (TPSA) is 49.3 Å². The van der Waals surface area contributed by atoms with Crippen LogP contribution in [0, 0.1) is 5.82 Å². The van der Waals surface area contributed by atoms with Crippen LogP contribution in [0.15, 0.2) is 22.7 Å². The number of carboxylic acid groups (broad SMARTS) is 1. The van der Waals surface area contributed by atoms with Crippen molar-refractivity contribution in [3.63, 3.8) is 0 Å². The van der Waals surface area contributed by atoms with Crippen molar-refractivity contribution in [2.24, 2.45) is 0 Å². The minimum Gasteiger partial charge on any atom is -0.480 e. The van der Waals surface area contributed by atoms with Crippen LogP contribution in [0.4, 0.5) is 4.39 Å². The van der Waals surface area contributed by atoms with Crippen molar-refractivity contribution < 1.29 is 14.3 Å². The number of hydrogen-bond donors (Lipinski definition) is 2. The summed E-state index contributed by atoms with van der Waals surface area (Å²) in [4.78, 5) is 10.9. The Hall–Kier alpha value is -0.940. The molecule has 0 radical (unpaired) electrons. The second kappa shape index (κ2) is 5.14. The van der Waals surface area contributed by atoms with Gasteiger partial charge in [0.2, 0.25) is 0 Å². The molecule has 0 amide bonds. The molecule has 5 heteroatoms. The summed E-state index contributed by atoms with van der Waals surface area (Å²) in [5, 5.41) is 11.9. The van der Waals surface area contributed by atoms with Crippen LogP contribution in [0.3, 0.4) is 0 Å². The first kappa shape index (κ1) is 12.5. The molecule has 0 spiro atoms. The minimum absolute atomic E-state index is 0.220. The Kier molecular flexibility index (Phi) is 3.79. The van der Waals surface area contributed by atoms with E-state index in [0.717, 1.165) is 17.3 Å². The zero-order chi connectivity index (χ0) is 12.4. The monoisotopic (exact) mass is 301 g/mol. The first-order chi connectivity index (χ1) is 8.08. The van der Waals surface area contributed by atoms with Gasteiger partial charge in [0.1, 0.15) is 11.9 Å². The third kappa shape index (κ3) is 2.84. The number of benzene rings is 1. The maximum absolute atomic E-state index is 13.7. The molecule has 2 rings (SSSR count). The van der Waals surface area contributed by atoms with Gasteiger partial charge in [-0.3, -0.25) is 10.1 Å². The Bertz CT molecular complexity index is 439. The van der Waals surface area contributed by atoms with Crippen molar-refractivity contribution >= 4 is 21.9 Å². The molecule has 1 aromatic rings. The minimum atomic E-state index is -0.870. The zero-order valence-electron chi connectivity index (χ0n) is 9.12. The number of nitrogens with one attached hydrogen (secondary N) is 1. The van der Waals surface area contributed by atoms with E-state index in [2.05, 4.69) is 21.2 Å². The van der Waals surface area contributed by atoms with Crippen molar-refractivity contribution in [1.82, 2.24) is 5.32 Å². The molecule has 0 aliphatic carbocycles. The molecule has 1 heterocycles. The van der Waals surface area contributed by atoms with Crippen molar-refractivity contribution in [2.75, 3.05) is 0 Å². The number of aliphatic carboxylic acids is 1. The van der Waals surface area contributed by atoms with Crippen LogP contribution in [-0.2, 0) is 4.79 Å². The quantitative estimate of drug-likeness (QED) is 0.883. The van der Waals surface area contributed by atoms with Crippen molar-refractivity contribution in [2.45, 2.75) is 31.3 Å². The molecule has 3 nitrogen and oxygen atoms in total. The predicted octanol–water partition coefficient (Wildman–Crippen LogP) is 2.86. The fourth-order valence-corrected chi connectivity index (χ4v) is 2.54.